The lowest BCUT2D eigenvalue weighted by Crippen LogP contribution is -2.50. The van der Waals surface area contributed by atoms with Gasteiger partial charge in [-0.15, -0.1) is 0 Å². The Morgan fingerprint density at radius 2 is 2.00 bits per heavy atom. The van der Waals surface area contributed by atoms with E-state index in [1.54, 1.807) is 5.57 Å². The quantitative estimate of drug-likeness (QED) is 0.497. The van der Waals surface area contributed by atoms with Gasteiger partial charge in [0.15, 0.2) is 0 Å². The number of fused-ring (bicyclic) bond motifs is 5. The molecule has 4 rings (SSSR count). The van der Waals surface area contributed by atoms with Crippen molar-refractivity contribution in [2.75, 3.05) is 0 Å². The van der Waals surface area contributed by atoms with Crippen LogP contribution in [0.3, 0.4) is 0 Å². The van der Waals surface area contributed by atoms with E-state index in [-0.39, 0.29) is 28.8 Å². The molecule has 0 saturated heterocycles. The minimum absolute atomic E-state index is 0.0803. The first-order valence-electron chi connectivity index (χ1n) is 10.1. The maximum absolute atomic E-state index is 11.3. The van der Waals surface area contributed by atoms with Crippen LogP contribution in [0.5, 0.6) is 0 Å². The fraction of sp³-hybridized carbons (Fsp3) is 0.818. The van der Waals surface area contributed by atoms with Gasteiger partial charge in [-0.25, -0.2) is 0 Å². The summed E-state index contributed by atoms with van der Waals surface area (Å²) in [5.74, 6) is 2.33. The number of ether oxygens (including phenoxy) is 1. The average molecular weight is 341 g/mol. The van der Waals surface area contributed by atoms with Crippen LogP contribution in [0, 0.1) is 45.8 Å². The van der Waals surface area contributed by atoms with Crippen molar-refractivity contribution in [2.45, 2.75) is 78.2 Å². The molecule has 0 N–H and O–H groups in total. The van der Waals surface area contributed by atoms with Crippen molar-refractivity contribution in [1.29, 1.82) is 5.26 Å². The van der Waals surface area contributed by atoms with Gasteiger partial charge in [0.1, 0.15) is 6.10 Å². The number of hydrogen-bond donors (Lipinski definition) is 0. The van der Waals surface area contributed by atoms with Crippen LogP contribution < -0.4 is 0 Å². The highest BCUT2D eigenvalue weighted by Crippen LogP contribution is 2.66. The second kappa shape index (κ2) is 5.86. The summed E-state index contributed by atoms with van der Waals surface area (Å²) < 4.78 is 5.52. The molecule has 7 atom stereocenters. The summed E-state index contributed by atoms with van der Waals surface area (Å²) in [5.41, 5.74) is 2.07. The zero-order valence-corrected chi connectivity index (χ0v) is 15.9. The van der Waals surface area contributed by atoms with Crippen LogP contribution in [0.1, 0.15) is 72.1 Å². The number of hydrogen-bond acceptors (Lipinski definition) is 3. The van der Waals surface area contributed by atoms with Crippen molar-refractivity contribution < 1.29 is 9.53 Å². The van der Waals surface area contributed by atoms with E-state index in [1.165, 1.54) is 32.6 Å². The fourth-order valence-electron chi connectivity index (χ4n) is 7.18. The van der Waals surface area contributed by atoms with Crippen molar-refractivity contribution >= 4 is 5.97 Å². The van der Waals surface area contributed by atoms with Gasteiger partial charge in [-0.3, -0.25) is 4.79 Å². The minimum atomic E-state index is -0.148. The molecule has 3 fully saturated rings. The second-order valence-corrected chi connectivity index (χ2v) is 9.54. The summed E-state index contributed by atoms with van der Waals surface area (Å²) in [4.78, 5) is 11.3. The van der Waals surface area contributed by atoms with Gasteiger partial charge in [0.2, 0.25) is 0 Å². The lowest BCUT2D eigenvalue weighted by atomic mass is 9.47. The van der Waals surface area contributed by atoms with Crippen molar-refractivity contribution in [3.8, 4) is 6.07 Å². The van der Waals surface area contributed by atoms with E-state index >= 15 is 0 Å². The van der Waals surface area contributed by atoms with E-state index in [9.17, 15) is 10.1 Å². The third-order valence-corrected chi connectivity index (χ3v) is 8.55. The van der Waals surface area contributed by atoms with Crippen molar-refractivity contribution in [3.05, 3.63) is 11.6 Å². The van der Waals surface area contributed by atoms with Gasteiger partial charge in [0.05, 0.1) is 12.0 Å². The molecule has 0 heterocycles. The molecule has 25 heavy (non-hydrogen) atoms. The molecule has 4 aliphatic carbocycles. The molecule has 4 aliphatic rings. The van der Waals surface area contributed by atoms with Gasteiger partial charge in [0, 0.05) is 13.3 Å². The maximum atomic E-state index is 11.3. The average Bonchev–Trinajstić information content (AvgIpc) is 2.91. The lowest BCUT2D eigenvalue weighted by molar-refractivity contribution is -0.148. The second-order valence-electron chi connectivity index (χ2n) is 9.54. The molecule has 0 aromatic heterocycles. The summed E-state index contributed by atoms with van der Waals surface area (Å²) in [6.07, 6.45) is 11.6. The standard InChI is InChI=1S/C22H31NO2/c1-14(24)25-17-8-10-21(2)15(12-17)4-6-18-19-7-5-16(13-23)22(19,3)11-9-20(18)21/h4,16-20H,5-12H2,1-3H3/t16-,17-,18+,19+,20+,21-,22+/m0/s1. The van der Waals surface area contributed by atoms with Crippen LogP contribution in [-0.2, 0) is 9.53 Å². The van der Waals surface area contributed by atoms with Crippen LogP contribution in [-0.4, -0.2) is 12.1 Å². The lowest BCUT2D eigenvalue weighted by Gasteiger charge is -2.57. The van der Waals surface area contributed by atoms with Crippen molar-refractivity contribution in [1.82, 2.24) is 0 Å². The summed E-state index contributed by atoms with van der Waals surface area (Å²) >= 11 is 0. The first-order valence-corrected chi connectivity index (χ1v) is 10.1. The van der Waals surface area contributed by atoms with Crippen LogP contribution in [0.4, 0.5) is 0 Å². The Morgan fingerprint density at radius 3 is 2.72 bits per heavy atom. The Kier molecular flexibility index (Phi) is 4.02. The molecular formula is C22H31NO2. The molecule has 0 aromatic rings. The molecule has 136 valence electrons. The third-order valence-electron chi connectivity index (χ3n) is 8.55. The highest BCUT2D eigenvalue weighted by molar-refractivity contribution is 5.66. The van der Waals surface area contributed by atoms with Crippen LogP contribution in [0.25, 0.3) is 0 Å². The van der Waals surface area contributed by atoms with Gasteiger partial charge in [0.25, 0.3) is 0 Å². The summed E-state index contributed by atoms with van der Waals surface area (Å²) in [6.45, 7) is 6.39. The molecule has 3 saturated carbocycles. The van der Waals surface area contributed by atoms with Gasteiger partial charge in [-0.2, -0.15) is 5.26 Å². The first kappa shape index (κ1) is 17.1. The van der Waals surface area contributed by atoms with E-state index in [0.717, 1.165) is 43.4 Å². The smallest absolute Gasteiger partial charge is 0.302 e. The molecule has 0 unspecified atom stereocenters. The molecule has 0 aliphatic heterocycles. The van der Waals surface area contributed by atoms with Gasteiger partial charge < -0.3 is 4.74 Å². The molecular weight excluding hydrogens is 310 g/mol. The topological polar surface area (TPSA) is 50.1 Å². The predicted octanol–water partition coefficient (Wildman–Crippen LogP) is 5.02. The molecule has 0 aromatic carbocycles. The Morgan fingerprint density at radius 1 is 1.20 bits per heavy atom. The first-order chi connectivity index (χ1) is 11.9. The molecule has 0 spiro atoms. The summed E-state index contributed by atoms with van der Waals surface area (Å²) in [5, 5.41) is 9.60. The summed E-state index contributed by atoms with van der Waals surface area (Å²) in [6, 6.07) is 2.63. The predicted molar refractivity (Wildman–Crippen MR) is 96.4 cm³/mol. The van der Waals surface area contributed by atoms with Crippen molar-refractivity contribution in [2.24, 2.45) is 34.5 Å². The number of nitriles is 1. The van der Waals surface area contributed by atoms with Gasteiger partial charge in [-0.05, 0) is 73.5 Å². The van der Waals surface area contributed by atoms with E-state index < -0.39 is 0 Å². The Balaban J connectivity index is 1.59. The Labute approximate surface area is 151 Å². The zero-order valence-electron chi connectivity index (χ0n) is 15.9. The third kappa shape index (κ3) is 2.47. The zero-order chi connectivity index (χ0) is 17.8. The molecule has 3 heteroatoms. The van der Waals surface area contributed by atoms with Crippen LogP contribution >= 0.6 is 0 Å². The van der Waals surface area contributed by atoms with E-state index in [1.807, 2.05) is 0 Å². The number of nitrogens with zero attached hydrogens (tertiary/aromatic N) is 1. The van der Waals surface area contributed by atoms with Gasteiger partial charge >= 0.3 is 5.97 Å². The van der Waals surface area contributed by atoms with Gasteiger partial charge in [-0.1, -0.05) is 25.5 Å². The van der Waals surface area contributed by atoms with Crippen molar-refractivity contribution in [3.63, 3.8) is 0 Å². The largest absolute Gasteiger partial charge is 0.462 e. The summed E-state index contributed by atoms with van der Waals surface area (Å²) in [7, 11) is 0. The monoisotopic (exact) mass is 341 g/mol. The highest BCUT2D eigenvalue weighted by atomic mass is 16.5. The fourth-order valence-corrected chi connectivity index (χ4v) is 7.18. The van der Waals surface area contributed by atoms with E-state index in [2.05, 4.69) is 26.0 Å². The number of esters is 1. The van der Waals surface area contributed by atoms with E-state index in [4.69, 9.17) is 4.74 Å². The molecule has 0 amide bonds. The molecule has 3 nitrogen and oxygen atoms in total. The number of rotatable bonds is 1. The number of carbonyl (C=O) groups is 1. The SMILES string of the molecule is CC(=O)O[C@H]1CC[C@@]2(C)C(=CC[C@@H]3[C@H]4CC[C@@H](C#N)[C@@]4(C)CC[C@H]32)C1. The highest BCUT2D eigenvalue weighted by Gasteiger charge is 2.58. The van der Waals surface area contributed by atoms with Crippen LogP contribution in [0.2, 0.25) is 0 Å². The normalized spacial score (nSPS) is 48.4. The Hall–Kier alpha value is -1.30. The van der Waals surface area contributed by atoms with Crippen LogP contribution in [0.15, 0.2) is 11.6 Å². The maximum Gasteiger partial charge on any atom is 0.302 e. The molecule has 0 bridgehead atoms. The Bertz CT molecular complexity index is 647. The number of allylic oxidation sites excluding steroid dienone is 1. The minimum Gasteiger partial charge on any atom is -0.462 e. The van der Waals surface area contributed by atoms with E-state index in [0.29, 0.717) is 0 Å². The number of carbonyl (C=O) groups excluding carboxylic acids is 1. The molecule has 0 radical (unpaired) electrons.